The molecule has 1 aromatic heterocycles. The number of anilines is 1. The molecule has 4 heterocycles. The van der Waals surface area contributed by atoms with Gasteiger partial charge in [-0.05, 0) is 68.2 Å². The second kappa shape index (κ2) is 10.4. The maximum atomic E-state index is 14.7. The van der Waals surface area contributed by atoms with Crippen LogP contribution in [-0.4, -0.2) is 77.7 Å². The Morgan fingerprint density at radius 3 is 2.84 bits per heavy atom. The third-order valence-electron chi connectivity index (χ3n) is 7.98. The number of aliphatic hydroxyl groups excluding tert-OH is 1. The molecule has 3 aliphatic heterocycles. The van der Waals surface area contributed by atoms with Crippen molar-refractivity contribution in [1.29, 1.82) is 0 Å². The lowest BCUT2D eigenvalue weighted by Gasteiger charge is -2.30. The van der Waals surface area contributed by atoms with Gasteiger partial charge in [-0.25, -0.2) is 4.39 Å². The van der Waals surface area contributed by atoms with Gasteiger partial charge in [0.2, 0.25) is 5.91 Å². The fourth-order valence-electron chi connectivity index (χ4n) is 5.86. The molecule has 3 atom stereocenters. The van der Waals surface area contributed by atoms with Gasteiger partial charge in [-0.3, -0.25) is 9.48 Å². The van der Waals surface area contributed by atoms with Gasteiger partial charge in [0.15, 0.2) is 17.3 Å². The smallest absolute Gasteiger partial charge is 0.225 e. The SMILES string of the molecule is Cn1ncc2cc(N3CCC(C(=O)N[C@H](CN4CCCC4)[C@H](O)c4cc(F)c5c(c4)OCCO5)C3)ccc21. The van der Waals surface area contributed by atoms with E-state index in [0.717, 1.165) is 55.5 Å². The zero-order valence-corrected chi connectivity index (χ0v) is 21.6. The summed E-state index contributed by atoms with van der Waals surface area (Å²) in [7, 11) is 1.92. The van der Waals surface area contributed by atoms with Gasteiger partial charge in [0, 0.05) is 37.8 Å². The summed E-state index contributed by atoms with van der Waals surface area (Å²) < 4.78 is 27.6. The Bertz CT molecular complexity index is 1320. The fraction of sp³-hybridized carbons (Fsp3) is 0.500. The number of ether oxygens (including phenoxy) is 2. The lowest BCUT2D eigenvalue weighted by molar-refractivity contribution is -0.126. The van der Waals surface area contributed by atoms with Crippen molar-refractivity contribution in [2.24, 2.45) is 13.0 Å². The van der Waals surface area contributed by atoms with Crippen LogP contribution < -0.4 is 19.7 Å². The fourth-order valence-corrected chi connectivity index (χ4v) is 5.86. The number of rotatable bonds is 7. The van der Waals surface area contributed by atoms with E-state index in [2.05, 4.69) is 38.4 Å². The molecule has 38 heavy (non-hydrogen) atoms. The molecule has 2 N–H and O–H groups in total. The Balaban J connectivity index is 1.17. The second-order valence-corrected chi connectivity index (χ2v) is 10.5. The Kier molecular flexibility index (Phi) is 6.84. The van der Waals surface area contributed by atoms with E-state index in [1.807, 2.05) is 17.9 Å². The first-order chi connectivity index (χ1) is 18.5. The lowest BCUT2D eigenvalue weighted by atomic mass is 9.99. The summed E-state index contributed by atoms with van der Waals surface area (Å²) in [5, 5.41) is 19.9. The molecule has 0 saturated carbocycles. The van der Waals surface area contributed by atoms with Crippen LogP contribution in [0.25, 0.3) is 10.9 Å². The van der Waals surface area contributed by atoms with Crippen LogP contribution in [0, 0.1) is 11.7 Å². The van der Waals surface area contributed by atoms with Crippen molar-refractivity contribution in [2.45, 2.75) is 31.4 Å². The van der Waals surface area contributed by atoms with Gasteiger partial charge in [-0.2, -0.15) is 5.10 Å². The van der Waals surface area contributed by atoms with Crippen LogP contribution in [0.15, 0.2) is 36.5 Å². The maximum Gasteiger partial charge on any atom is 0.225 e. The van der Waals surface area contributed by atoms with Crippen LogP contribution in [0.1, 0.15) is 30.9 Å². The molecule has 6 rings (SSSR count). The molecule has 0 spiro atoms. The summed E-state index contributed by atoms with van der Waals surface area (Å²) >= 11 is 0. The normalized spacial score (nSPS) is 21.1. The molecule has 3 aliphatic rings. The predicted molar refractivity (Wildman–Crippen MR) is 141 cm³/mol. The largest absolute Gasteiger partial charge is 0.486 e. The monoisotopic (exact) mass is 523 g/mol. The van der Waals surface area contributed by atoms with E-state index in [1.54, 1.807) is 6.07 Å². The summed E-state index contributed by atoms with van der Waals surface area (Å²) in [5.74, 6) is -0.503. The molecule has 1 amide bonds. The highest BCUT2D eigenvalue weighted by Crippen LogP contribution is 2.36. The summed E-state index contributed by atoms with van der Waals surface area (Å²) in [6.07, 6.45) is 3.67. The first kappa shape index (κ1) is 24.9. The first-order valence-corrected chi connectivity index (χ1v) is 13.4. The Hall–Kier alpha value is -3.37. The van der Waals surface area contributed by atoms with Crippen molar-refractivity contribution in [3.8, 4) is 11.5 Å². The van der Waals surface area contributed by atoms with Crippen LogP contribution in [0.3, 0.4) is 0 Å². The number of halogens is 1. The topological polar surface area (TPSA) is 92.1 Å². The molecular weight excluding hydrogens is 489 g/mol. The highest BCUT2D eigenvalue weighted by atomic mass is 19.1. The van der Waals surface area contributed by atoms with E-state index >= 15 is 0 Å². The zero-order chi connectivity index (χ0) is 26.2. The van der Waals surface area contributed by atoms with Crippen molar-refractivity contribution >= 4 is 22.5 Å². The van der Waals surface area contributed by atoms with Crippen LogP contribution in [-0.2, 0) is 11.8 Å². The molecule has 0 aliphatic carbocycles. The average Bonchev–Trinajstić information content (AvgIpc) is 3.70. The number of nitrogens with zero attached hydrogens (tertiary/aromatic N) is 4. The van der Waals surface area contributed by atoms with E-state index in [1.165, 1.54) is 6.07 Å². The minimum atomic E-state index is -1.09. The Morgan fingerprint density at radius 2 is 2.00 bits per heavy atom. The zero-order valence-electron chi connectivity index (χ0n) is 21.6. The molecule has 0 bridgehead atoms. The summed E-state index contributed by atoms with van der Waals surface area (Å²) in [5.41, 5.74) is 2.51. The van der Waals surface area contributed by atoms with Crippen LogP contribution in [0.4, 0.5) is 10.1 Å². The van der Waals surface area contributed by atoms with E-state index < -0.39 is 18.0 Å². The summed E-state index contributed by atoms with van der Waals surface area (Å²) in [6.45, 7) is 4.32. The number of hydrogen-bond acceptors (Lipinski definition) is 7. The number of benzene rings is 2. The molecular formula is C28H34FN5O4. The second-order valence-electron chi connectivity index (χ2n) is 10.5. The number of nitrogens with one attached hydrogen (secondary N) is 1. The number of amides is 1. The molecule has 2 aromatic carbocycles. The van der Waals surface area contributed by atoms with Crippen LogP contribution in [0.5, 0.6) is 11.5 Å². The Labute approximate surface area is 221 Å². The molecule has 1 unspecified atom stereocenters. The van der Waals surface area contributed by atoms with Gasteiger partial charge < -0.3 is 29.7 Å². The molecule has 202 valence electrons. The number of likely N-dealkylation sites (tertiary alicyclic amines) is 1. The average molecular weight is 524 g/mol. The van der Waals surface area contributed by atoms with Gasteiger partial charge in [0.05, 0.1) is 23.7 Å². The highest BCUT2D eigenvalue weighted by Gasteiger charge is 2.34. The third-order valence-corrected chi connectivity index (χ3v) is 7.98. The number of hydrogen-bond donors (Lipinski definition) is 2. The van der Waals surface area contributed by atoms with E-state index in [-0.39, 0.29) is 29.9 Å². The van der Waals surface area contributed by atoms with Gasteiger partial charge in [0.25, 0.3) is 0 Å². The molecule has 0 radical (unpaired) electrons. The van der Waals surface area contributed by atoms with E-state index in [0.29, 0.717) is 25.3 Å². The van der Waals surface area contributed by atoms with Crippen molar-refractivity contribution in [3.05, 3.63) is 47.9 Å². The number of aromatic nitrogens is 2. The standard InChI is InChI=1S/C28H34FN5O4/c1-32-24-5-4-21(12-20(24)15-30-32)34-9-6-18(16-34)28(36)31-23(17-33-7-2-3-8-33)26(35)19-13-22(29)27-25(14-19)37-10-11-38-27/h4-5,12-15,18,23,26,35H,2-3,6-11,16-17H2,1H3,(H,31,36)/t18?,23-,26-/m1/s1. The number of aryl methyl sites for hydroxylation is 1. The highest BCUT2D eigenvalue weighted by molar-refractivity contribution is 5.84. The quantitative estimate of drug-likeness (QED) is 0.492. The predicted octanol–water partition coefficient (Wildman–Crippen LogP) is 2.62. The van der Waals surface area contributed by atoms with E-state index in [9.17, 15) is 14.3 Å². The number of carbonyl (C=O) groups is 1. The number of fused-ring (bicyclic) bond motifs is 2. The number of aliphatic hydroxyl groups is 1. The van der Waals surface area contributed by atoms with Crippen LogP contribution >= 0.6 is 0 Å². The molecule has 9 nitrogen and oxygen atoms in total. The van der Waals surface area contributed by atoms with Crippen LogP contribution in [0.2, 0.25) is 0 Å². The lowest BCUT2D eigenvalue weighted by Crippen LogP contribution is -2.48. The molecule has 10 heteroatoms. The summed E-state index contributed by atoms with van der Waals surface area (Å²) in [6, 6.07) is 8.56. The molecule has 3 aromatic rings. The van der Waals surface area contributed by atoms with Crippen molar-refractivity contribution in [1.82, 2.24) is 20.0 Å². The maximum absolute atomic E-state index is 14.7. The first-order valence-electron chi connectivity index (χ1n) is 13.4. The van der Waals surface area contributed by atoms with Gasteiger partial charge in [-0.1, -0.05) is 0 Å². The van der Waals surface area contributed by atoms with E-state index in [4.69, 9.17) is 9.47 Å². The van der Waals surface area contributed by atoms with Crippen molar-refractivity contribution in [3.63, 3.8) is 0 Å². The van der Waals surface area contributed by atoms with Crippen molar-refractivity contribution < 1.29 is 23.8 Å². The van der Waals surface area contributed by atoms with Gasteiger partial charge in [-0.15, -0.1) is 0 Å². The van der Waals surface area contributed by atoms with Gasteiger partial charge in [0.1, 0.15) is 19.3 Å². The third kappa shape index (κ3) is 4.90. The molecule has 2 fully saturated rings. The number of carbonyl (C=O) groups excluding carboxylic acids is 1. The minimum Gasteiger partial charge on any atom is -0.486 e. The Morgan fingerprint density at radius 1 is 1.18 bits per heavy atom. The minimum absolute atomic E-state index is 0.0721. The van der Waals surface area contributed by atoms with Gasteiger partial charge >= 0.3 is 0 Å². The summed E-state index contributed by atoms with van der Waals surface area (Å²) in [4.78, 5) is 17.9. The van der Waals surface area contributed by atoms with Crippen molar-refractivity contribution in [2.75, 3.05) is 50.8 Å². The molecule has 2 saturated heterocycles.